The van der Waals surface area contributed by atoms with Gasteiger partial charge in [-0.05, 0) is 70.4 Å². The quantitative estimate of drug-likeness (QED) is 0.477. The third-order valence-electron chi connectivity index (χ3n) is 7.51. The highest BCUT2D eigenvalue weighted by Gasteiger charge is 2.38. The predicted octanol–water partition coefficient (Wildman–Crippen LogP) is 6.51. The number of fused-ring (bicyclic) bond motifs is 1. The second-order valence-electron chi connectivity index (χ2n) is 9.91. The summed E-state index contributed by atoms with van der Waals surface area (Å²) in [6.45, 7) is 12.5. The molecule has 182 valence electrons. The molecule has 0 aromatic heterocycles. The topological polar surface area (TPSA) is 77.8 Å². The van der Waals surface area contributed by atoms with Crippen LogP contribution in [0.1, 0.15) is 75.0 Å². The summed E-state index contributed by atoms with van der Waals surface area (Å²) in [5.41, 5.74) is 4.69. The molecule has 0 spiro atoms. The molecule has 1 heterocycles. The lowest BCUT2D eigenvalue weighted by Gasteiger charge is -2.37. The van der Waals surface area contributed by atoms with Crippen molar-refractivity contribution in [2.75, 3.05) is 10.8 Å². The first-order valence-corrected chi connectivity index (χ1v) is 13.5. The zero-order valence-electron chi connectivity index (χ0n) is 20.5. The summed E-state index contributed by atoms with van der Waals surface area (Å²) in [6, 6.07) is 8.32. The van der Waals surface area contributed by atoms with Gasteiger partial charge < -0.3 is 10.2 Å². The molecule has 6 heteroatoms. The molecule has 0 unspecified atom stereocenters. The average Bonchev–Trinajstić information content (AvgIpc) is 2.78. The van der Waals surface area contributed by atoms with Crippen molar-refractivity contribution in [3.63, 3.8) is 0 Å². The van der Waals surface area contributed by atoms with Gasteiger partial charge in [-0.25, -0.2) is 8.42 Å². The summed E-state index contributed by atoms with van der Waals surface area (Å²) in [5.74, 6) is -0.129. The zero-order chi connectivity index (χ0) is 24.8. The van der Waals surface area contributed by atoms with Crippen molar-refractivity contribution < 1.29 is 18.6 Å². The van der Waals surface area contributed by atoms with Crippen LogP contribution in [-0.2, 0) is 10.0 Å². The maximum absolute atomic E-state index is 13.6. The van der Waals surface area contributed by atoms with Crippen molar-refractivity contribution in [2.24, 2.45) is 5.92 Å². The molecule has 3 atom stereocenters. The standard InChI is InChI=1S/C28H35NO4S/c1-6-20-13-14-29(34(32,33)21-10-7-18(4)8-11-21)24-16-25(30)27(28(31)26(20)24)23-15-19(5)9-12-22(23)17(2)3/h7-8,10-11,15-16,20,22-23,30-31H,2,6,9,12-14H2,1,3-5H3/t20-,22+,23-/m1/s1. The Labute approximate surface area is 203 Å². The molecule has 1 aliphatic carbocycles. The number of rotatable bonds is 5. The molecule has 0 fully saturated rings. The number of anilines is 1. The summed E-state index contributed by atoms with van der Waals surface area (Å²) in [6.07, 6.45) is 5.36. The number of benzene rings is 2. The van der Waals surface area contributed by atoms with E-state index in [1.54, 1.807) is 30.3 Å². The SMILES string of the molecule is C=C(C)[C@@H]1CCC(C)=C[C@H]1c1c(O)cc2c(c1O)[C@H](CC)CCN2S(=O)(=O)c1ccc(C)cc1. The summed E-state index contributed by atoms with van der Waals surface area (Å²) in [7, 11) is -3.84. The van der Waals surface area contributed by atoms with Gasteiger partial charge >= 0.3 is 0 Å². The van der Waals surface area contributed by atoms with Gasteiger partial charge in [0.05, 0.1) is 10.6 Å². The monoisotopic (exact) mass is 481 g/mol. The molecule has 34 heavy (non-hydrogen) atoms. The molecule has 0 bridgehead atoms. The highest BCUT2D eigenvalue weighted by Crippen LogP contribution is 2.53. The van der Waals surface area contributed by atoms with E-state index in [1.807, 2.05) is 20.8 Å². The number of aryl methyl sites for hydroxylation is 1. The maximum Gasteiger partial charge on any atom is 0.264 e. The van der Waals surface area contributed by atoms with Crippen LogP contribution in [0.4, 0.5) is 5.69 Å². The molecule has 2 aliphatic rings. The van der Waals surface area contributed by atoms with Gasteiger partial charge in [0.15, 0.2) is 0 Å². The first kappa shape index (κ1) is 24.4. The molecular weight excluding hydrogens is 446 g/mol. The van der Waals surface area contributed by atoms with Gasteiger partial charge in [-0.1, -0.05) is 48.4 Å². The lowest BCUT2D eigenvalue weighted by Crippen LogP contribution is -2.37. The number of phenolic OH excluding ortho intramolecular Hbond substituents is 2. The summed E-state index contributed by atoms with van der Waals surface area (Å²) < 4.78 is 28.5. The Morgan fingerprint density at radius 3 is 2.41 bits per heavy atom. The van der Waals surface area contributed by atoms with Gasteiger partial charge in [0.2, 0.25) is 0 Å². The van der Waals surface area contributed by atoms with Gasteiger partial charge in [-0.2, -0.15) is 0 Å². The molecule has 2 aromatic carbocycles. The minimum Gasteiger partial charge on any atom is -0.507 e. The number of sulfonamides is 1. The van der Waals surface area contributed by atoms with Crippen LogP contribution in [-0.4, -0.2) is 25.2 Å². The van der Waals surface area contributed by atoms with Gasteiger partial charge in [0.25, 0.3) is 10.0 Å². The number of nitrogens with zero attached hydrogens (tertiary/aromatic N) is 1. The van der Waals surface area contributed by atoms with Gasteiger partial charge in [-0.15, -0.1) is 0 Å². The van der Waals surface area contributed by atoms with E-state index in [1.165, 1.54) is 9.88 Å². The van der Waals surface area contributed by atoms with E-state index in [-0.39, 0.29) is 34.1 Å². The Hall–Kier alpha value is -2.73. The molecule has 2 N–H and O–H groups in total. The van der Waals surface area contributed by atoms with E-state index in [2.05, 4.69) is 19.6 Å². The fraction of sp³-hybridized carbons (Fsp3) is 0.429. The predicted molar refractivity (Wildman–Crippen MR) is 137 cm³/mol. The van der Waals surface area contributed by atoms with Crippen LogP contribution >= 0.6 is 0 Å². The minimum absolute atomic E-state index is 0.00997. The van der Waals surface area contributed by atoms with Crippen LogP contribution in [0.25, 0.3) is 0 Å². The lowest BCUT2D eigenvalue weighted by atomic mass is 9.72. The third kappa shape index (κ3) is 4.13. The Bertz CT molecular complexity index is 1240. The molecule has 0 radical (unpaired) electrons. The molecular formula is C28H35NO4S. The second kappa shape index (κ2) is 9.14. The van der Waals surface area contributed by atoms with Crippen molar-refractivity contribution >= 4 is 15.7 Å². The van der Waals surface area contributed by atoms with Crippen molar-refractivity contribution in [1.82, 2.24) is 0 Å². The zero-order valence-corrected chi connectivity index (χ0v) is 21.3. The fourth-order valence-electron chi connectivity index (χ4n) is 5.55. The van der Waals surface area contributed by atoms with Crippen molar-refractivity contribution in [1.29, 1.82) is 0 Å². The number of allylic oxidation sites excluding steroid dienone is 3. The third-order valence-corrected chi connectivity index (χ3v) is 9.34. The smallest absolute Gasteiger partial charge is 0.264 e. The molecule has 0 amide bonds. The van der Waals surface area contributed by atoms with E-state index in [0.717, 1.165) is 30.4 Å². The highest BCUT2D eigenvalue weighted by molar-refractivity contribution is 7.92. The van der Waals surface area contributed by atoms with E-state index in [9.17, 15) is 18.6 Å². The van der Waals surface area contributed by atoms with Crippen molar-refractivity contribution in [2.45, 2.75) is 70.1 Å². The number of hydrogen-bond donors (Lipinski definition) is 2. The molecule has 2 aromatic rings. The number of phenols is 2. The first-order valence-electron chi connectivity index (χ1n) is 12.1. The van der Waals surface area contributed by atoms with Crippen LogP contribution in [0, 0.1) is 12.8 Å². The molecule has 5 nitrogen and oxygen atoms in total. The van der Waals surface area contributed by atoms with Crippen LogP contribution < -0.4 is 4.31 Å². The lowest BCUT2D eigenvalue weighted by molar-refractivity contribution is 0.397. The van der Waals surface area contributed by atoms with Crippen LogP contribution in [0.2, 0.25) is 0 Å². The Balaban J connectivity index is 1.90. The van der Waals surface area contributed by atoms with Crippen molar-refractivity contribution in [3.05, 3.63) is 70.8 Å². The summed E-state index contributed by atoms with van der Waals surface area (Å²) in [5, 5.41) is 22.8. The average molecular weight is 482 g/mol. The molecule has 0 saturated carbocycles. The second-order valence-corrected chi connectivity index (χ2v) is 11.8. The largest absolute Gasteiger partial charge is 0.507 e. The van der Waals surface area contributed by atoms with Gasteiger partial charge in [0, 0.05) is 29.7 Å². The Morgan fingerprint density at radius 2 is 1.79 bits per heavy atom. The Kier molecular flexibility index (Phi) is 6.56. The molecule has 1 aliphatic heterocycles. The molecule has 0 saturated heterocycles. The van der Waals surface area contributed by atoms with Gasteiger partial charge in [0.1, 0.15) is 11.5 Å². The van der Waals surface area contributed by atoms with Crippen LogP contribution in [0.5, 0.6) is 11.5 Å². The molecule has 4 rings (SSSR count). The summed E-state index contributed by atoms with van der Waals surface area (Å²) in [4.78, 5) is 0.204. The maximum atomic E-state index is 13.6. The first-order chi connectivity index (χ1) is 16.1. The van der Waals surface area contributed by atoms with Gasteiger partial charge in [-0.3, -0.25) is 4.31 Å². The van der Waals surface area contributed by atoms with E-state index < -0.39 is 10.0 Å². The Morgan fingerprint density at radius 1 is 1.12 bits per heavy atom. The normalized spacial score (nSPS) is 22.8. The van der Waals surface area contributed by atoms with Crippen LogP contribution in [0.15, 0.2) is 59.0 Å². The van der Waals surface area contributed by atoms with Crippen LogP contribution in [0.3, 0.4) is 0 Å². The van der Waals surface area contributed by atoms with E-state index >= 15 is 0 Å². The van der Waals surface area contributed by atoms with E-state index in [0.29, 0.717) is 29.8 Å². The fourth-order valence-corrected chi connectivity index (χ4v) is 7.04. The highest BCUT2D eigenvalue weighted by atomic mass is 32.2. The van der Waals surface area contributed by atoms with E-state index in [4.69, 9.17) is 0 Å². The number of hydrogen-bond acceptors (Lipinski definition) is 4. The van der Waals surface area contributed by atoms with Crippen molar-refractivity contribution in [3.8, 4) is 11.5 Å². The summed E-state index contributed by atoms with van der Waals surface area (Å²) >= 11 is 0. The minimum atomic E-state index is -3.84. The number of aromatic hydroxyl groups is 2.